The number of esters is 1. The lowest BCUT2D eigenvalue weighted by Crippen LogP contribution is -2.30. The topological polar surface area (TPSA) is 68.3 Å². The minimum atomic E-state index is -0.567. The number of carbonyl (C=O) groups excluding carboxylic acids is 2. The Labute approximate surface area is 165 Å². The smallest absolute Gasteiger partial charge is 0.331 e. The normalized spacial score (nSPS) is 11.0. The van der Waals surface area contributed by atoms with Crippen molar-refractivity contribution in [3.05, 3.63) is 65.7 Å². The number of hydrogen-bond donors (Lipinski definition) is 1. The zero-order valence-electron chi connectivity index (χ0n) is 14.5. The van der Waals surface area contributed by atoms with E-state index in [1.54, 1.807) is 17.8 Å². The molecular formula is C20H18N2O3S2. The lowest BCUT2D eigenvalue weighted by Gasteiger charge is -2.05. The third kappa shape index (κ3) is 6.23. The molecule has 0 aliphatic carbocycles. The predicted octanol–water partition coefficient (Wildman–Crippen LogP) is 3.76. The standard InChI is InChI=1S/C20H18N2O3S2/c23-18(21-12-13-26-15-6-2-1-3-7-15)14-25-20(24)11-10-19-22-16-8-4-5-9-17(16)27-19/h1-11H,12-14H2,(H,21,23)/b11-10+. The van der Waals surface area contributed by atoms with Crippen LogP contribution >= 0.6 is 23.1 Å². The molecule has 1 aromatic heterocycles. The lowest BCUT2D eigenvalue weighted by atomic mass is 10.3. The number of fused-ring (bicyclic) bond motifs is 1. The zero-order valence-corrected chi connectivity index (χ0v) is 16.1. The number of para-hydroxylation sites is 1. The van der Waals surface area contributed by atoms with Crippen LogP contribution in [0.15, 0.2) is 65.6 Å². The van der Waals surface area contributed by atoms with E-state index in [9.17, 15) is 9.59 Å². The van der Waals surface area contributed by atoms with E-state index in [0.29, 0.717) is 6.54 Å². The maximum atomic E-state index is 11.7. The molecule has 0 aliphatic rings. The van der Waals surface area contributed by atoms with Crippen molar-refractivity contribution in [3.8, 4) is 0 Å². The molecule has 0 saturated carbocycles. The summed E-state index contributed by atoms with van der Waals surface area (Å²) in [5.74, 6) is -0.130. The van der Waals surface area contributed by atoms with Crippen molar-refractivity contribution in [1.82, 2.24) is 10.3 Å². The van der Waals surface area contributed by atoms with Crippen LogP contribution in [0.5, 0.6) is 0 Å². The van der Waals surface area contributed by atoms with Crippen molar-refractivity contribution in [2.24, 2.45) is 0 Å². The number of benzene rings is 2. The molecule has 0 aliphatic heterocycles. The summed E-state index contributed by atoms with van der Waals surface area (Å²) in [6, 6.07) is 17.7. The summed E-state index contributed by atoms with van der Waals surface area (Å²) >= 11 is 3.14. The first kappa shape index (κ1) is 19.1. The van der Waals surface area contributed by atoms with E-state index in [4.69, 9.17) is 4.74 Å². The van der Waals surface area contributed by atoms with E-state index < -0.39 is 5.97 Å². The molecule has 27 heavy (non-hydrogen) atoms. The first-order chi connectivity index (χ1) is 13.2. The number of nitrogens with zero attached hydrogens (tertiary/aromatic N) is 1. The molecule has 138 valence electrons. The van der Waals surface area contributed by atoms with Crippen molar-refractivity contribution in [2.75, 3.05) is 18.9 Å². The fraction of sp³-hybridized carbons (Fsp3) is 0.150. The van der Waals surface area contributed by atoms with Crippen LogP contribution in [0, 0.1) is 0 Å². The van der Waals surface area contributed by atoms with Gasteiger partial charge in [0.25, 0.3) is 5.91 Å². The van der Waals surface area contributed by atoms with Crippen LogP contribution in [0.2, 0.25) is 0 Å². The van der Waals surface area contributed by atoms with Gasteiger partial charge < -0.3 is 10.1 Å². The van der Waals surface area contributed by atoms with Crippen LogP contribution in [0.25, 0.3) is 16.3 Å². The van der Waals surface area contributed by atoms with Crippen LogP contribution in [0.4, 0.5) is 0 Å². The molecule has 5 nitrogen and oxygen atoms in total. The Morgan fingerprint density at radius 1 is 1.11 bits per heavy atom. The van der Waals surface area contributed by atoms with Crippen molar-refractivity contribution >= 4 is 51.3 Å². The average molecular weight is 399 g/mol. The number of thiazole rings is 1. The molecule has 0 fully saturated rings. The van der Waals surface area contributed by atoms with Gasteiger partial charge in [-0.3, -0.25) is 4.79 Å². The zero-order chi connectivity index (χ0) is 18.9. The molecule has 0 radical (unpaired) electrons. The average Bonchev–Trinajstić information content (AvgIpc) is 3.12. The highest BCUT2D eigenvalue weighted by atomic mass is 32.2. The molecule has 3 aromatic rings. The first-order valence-corrected chi connectivity index (χ1v) is 10.2. The quantitative estimate of drug-likeness (QED) is 0.271. The Hall–Kier alpha value is -2.64. The van der Waals surface area contributed by atoms with Crippen LogP contribution in [-0.2, 0) is 14.3 Å². The van der Waals surface area contributed by atoms with Gasteiger partial charge in [0.05, 0.1) is 10.2 Å². The molecule has 1 N–H and O–H groups in total. The fourth-order valence-corrected chi connectivity index (χ4v) is 3.87. The second-order valence-corrected chi connectivity index (χ2v) is 7.70. The first-order valence-electron chi connectivity index (χ1n) is 8.36. The van der Waals surface area contributed by atoms with Crippen molar-refractivity contribution in [3.63, 3.8) is 0 Å². The molecule has 3 rings (SSSR count). The second kappa shape index (κ2) is 9.89. The van der Waals surface area contributed by atoms with Gasteiger partial charge in [-0.1, -0.05) is 30.3 Å². The van der Waals surface area contributed by atoms with Crippen LogP contribution in [0.1, 0.15) is 5.01 Å². The van der Waals surface area contributed by atoms with E-state index >= 15 is 0 Å². The summed E-state index contributed by atoms with van der Waals surface area (Å²) in [5.41, 5.74) is 0.892. The SMILES string of the molecule is O=C(COC(=O)/C=C/c1nc2ccccc2s1)NCCSc1ccccc1. The Morgan fingerprint density at radius 3 is 2.70 bits per heavy atom. The molecule has 2 aromatic carbocycles. The molecule has 0 bridgehead atoms. The molecule has 0 spiro atoms. The van der Waals surface area contributed by atoms with E-state index in [2.05, 4.69) is 10.3 Å². The van der Waals surface area contributed by atoms with Gasteiger partial charge in [0.1, 0.15) is 5.01 Å². The predicted molar refractivity (Wildman–Crippen MR) is 110 cm³/mol. The number of amides is 1. The Bertz CT molecular complexity index is 906. The van der Waals surface area contributed by atoms with Crippen molar-refractivity contribution < 1.29 is 14.3 Å². The third-order valence-electron chi connectivity index (χ3n) is 3.45. The molecular weight excluding hydrogens is 380 g/mol. The molecule has 1 heterocycles. The van der Waals surface area contributed by atoms with Crippen molar-refractivity contribution in [2.45, 2.75) is 4.90 Å². The number of thioether (sulfide) groups is 1. The summed E-state index contributed by atoms with van der Waals surface area (Å²) in [6.07, 6.45) is 2.89. The monoisotopic (exact) mass is 398 g/mol. The van der Waals surface area contributed by atoms with Crippen LogP contribution < -0.4 is 5.32 Å². The highest BCUT2D eigenvalue weighted by Crippen LogP contribution is 2.22. The van der Waals surface area contributed by atoms with Gasteiger partial charge in [0, 0.05) is 23.3 Å². The number of aromatic nitrogens is 1. The van der Waals surface area contributed by atoms with E-state index in [1.165, 1.54) is 17.4 Å². The van der Waals surface area contributed by atoms with E-state index in [-0.39, 0.29) is 12.5 Å². The molecule has 7 heteroatoms. The van der Waals surface area contributed by atoms with Gasteiger partial charge >= 0.3 is 5.97 Å². The number of rotatable bonds is 8. The molecule has 0 saturated heterocycles. The van der Waals surface area contributed by atoms with E-state index in [1.807, 2.05) is 54.6 Å². The maximum absolute atomic E-state index is 11.7. The summed E-state index contributed by atoms with van der Waals surface area (Å²) < 4.78 is 6.00. The molecule has 1 amide bonds. The van der Waals surface area contributed by atoms with Crippen LogP contribution in [0.3, 0.4) is 0 Å². The maximum Gasteiger partial charge on any atom is 0.331 e. The summed E-state index contributed by atoms with van der Waals surface area (Å²) in [7, 11) is 0. The molecule has 0 atom stereocenters. The number of hydrogen-bond acceptors (Lipinski definition) is 6. The minimum Gasteiger partial charge on any atom is -0.452 e. The van der Waals surface area contributed by atoms with Crippen LogP contribution in [-0.4, -0.2) is 35.8 Å². The summed E-state index contributed by atoms with van der Waals surface area (Å²) in [4.78, 5) is 29.0. The van der Waals surface area contributed by atoms with Gasteiger partial charge in [-0.25, -0.2) is 9.78 Å². The van der Waals surface area contributed by atoms with Gasteiger partial charge in [-0.15, -0.1) is 23.1 Å². The highest BCUT2D eigenvalue weighted by Gasteiger charge is 2.05. The Morgan fingerprint density at radius 2 is 1.89 bits per heavy atom. The van der Waals surface area contributed by atoms with Gasteiger partial charge in [-0.2, -0.15) is 0 Å². The lowest BCUT2D eigenvalue weighted by molar-refractivity contribution is -0.143. The number of carbonyl (C=O) groups is 2. The number of nitrogens with one attached hydrogen (secondary N) is 1. The third-order valence-corrected chi connectivity index (χ3v) is 5.47. The minimum absolute atomic E-state index is 0.293. The van der Waals surface area contributed by atoms with Crippen molar-refractivity contribution in [1.29, 1.82) is 0 Å². The Kier molecular flexibility index (Phi) is 7.01. The summed E-state index contributed by atoms with van der Waals surface area (Å²) in [6.45, 7) is 0.219. The highest BCUT2D eigenvalue weighted by molar-refractivity contribution is 7.99. The van der Waals surface area contributed by atoms with E-state index in [0.717, 1.165) is 25.9 Å². The Balaban J connectivity index is 1.35. The van der Waals surface area contributed by atoms with Gasteiger partial charge in [0.15, 0.2) is 6.61 Å². The summed E-state index contributed by atoms with van der Waals surface area (Å²) in [5, 5.41) is 3.45. The second-order valence-electron chi connectivity index (χ2n) is 5.47. The van der Waals surface area contributed by atoms with Gasteiger partial charge in [0.2, 0.25) is 0 Å². The largest absolute Gasteiger partial charge is 0.452 e. The fourth-order valence-electron chi connectivity index (χ4n) is 2.21. The number of ether oxygens (including phenoxy) is 1. The molecule has 0 unspecified atom stereocenters. The van der Waals surface area contributed by atoms with Gasteiger partial charge in [-0.05, 0) is 30.3 Å².